The first-order valence-electron chi connectivity index (χ1n) is 9.92. The van der Waals surface area contributed by atoms with Crippen LogP contribution in [0.2, 0.25) is 0 Å². The highest BCUT2D eigenvalue weighted by Crippen LogP contribution is 2.23. The Labute approximate surface area is 168 Å². The minimum Gasteiger partial charge on any atom is -0.344 e. The number of anilines is 1. The van der Waals surface area contributed by atoms with Crippen LogP contribution < -0.4 is 10.6 Å². The number of para-hydroxylation sites is 1. The van der Waals surface area contributed by atoms with Crippen molar-refractivity contribution in [3.63, 3.8) is 0 Å². The molecule has 2 N–H and O–H groups in total. The highest BCUT2D eigenvalue weighted by atomic mass is 16.2. The zero-order valence-electron chi connectivity index (χ0n) is 17.3. The molecule has 0 atom stereocenters. The third kappa shape index (κ3) is 6.20. The zero-order chi connectivity index (χ0) is 20.5. The third-order valence-electron chi connectivity index (χ3n) is 4.81. The second kappa shape index (κ2) is 10.6. The summed E-state index contributed by atoms with van der Waals surface area (Å²) in [5.41, 5.74) is 3.89. The Balaban J connectivity index is 1.89. The van der Waals surface area contributed by atoms with Gasteiger partial charge < -0.3 is 10.6 Å². The van der Waals surface area contributed by atoms with Crippen molar-refractivity contribution in [2.45, 2.75) is 46.7 Å². The summed E-state index contributed by atoms with van der Waals surface area (Å²) in [6, 6.07) is 15.7. The van der Waals surface area contributed by atoms with Gasteiger partial charge in [0.1, 0.15) is 0 Å². The number of carbonyl (C=O) groups is 2. The Morgan fingerprint density at radius 2 is 1.50 bits per heavy atom. The molecule has 0 aliphatic heterocycles. The highest BCUT2D eigenvalue weighted by Gasteiger charge is 2.16. The van der Waals surface area contributed by atoms with E-state index >= 15 is 0 Å². The Bertz CT molecular complexity index is 781. The molecule has 0 bridgehead atoms. The van der Waals surface area contributed by atoms with Crippen LogP contribution in [0.5, 0.6) is 0 Å². The molecule has 0 spiro atoms. The maximum absolute atomic E-state index is 12.2. The molecule has 0 aliphatic carbocycles. The lowest BCUT2D eigenvalue weighted by molar-refractivity contribution is -0.136. The molecular weight excluding hydrogens is 350 g/mol. The average Bonchev–Trinajstić information content (AvgIpc) is 2.71. The van der Waals surface area contributed by atoms with E-state index < -0.39 is 11.8 Å². The van der Waals surface area contributed by atoms with Gasteiger partial charge >= 0.3 is 11.8 Å². The molecule has 2 amide bonds. The van der Waals surface area contributed by atoms with Crippen molar-refractivity contribution in [3.05, 3.63) is 65.2 Å². The van der Waals surface area contributed by atoms with Gasteiger partial charge in [0.05, 0.1) is 0 Å². The maximum atomic E-state index is 12.2. The molecule has 150 valence electrons. The maximum Gasteiger partial charge on any atom is 0.313 e. The molecule has 5 heteroatoms. The van der Waals surface area contributed by atoms with E-state index in [1.54, 1.807) is 0 Å². The minimum absolute atomic E-state index is 0.259. The normalized spacial score (nSPS) is 10.9. The monoisotopic (exact) mass is 381 g/mol. The molecule has 2 rings (SSSR count). The second-order valence-electron chi connectivity index (χ2n) is 7.16. The Morgan fingerprint density at radius 1 is 0.893 bits per heavy atom. The van der Waals surface area contributed by atoms with Crippen LogP contribution >= 0.6 is 0 Å². The van der Waals surface area contributed by atoms with Crippen molar-refractivity contribution < 1.29 is 9.59 Å². The van der Waals surface area contributed by atoms with Crippen molar-refractivity contribution in [1.29, 1.82) is 0 Å². The smallest absolute Gasteiger partial charge is 0.313 e. The number of nitrogens with one attached hydrogen (secondary N) is 2. The molecule has 5 nitrogen and oxygen atoms in total. The van der Waals surface area contributed by atoms with Gasteiger partial charge in [0.2, 0.25) is 0 Å². The number of benzene rings is 2. The summed E-state index contributed by atoms with van der Waals surface area (Å²) in [6.45, 7) is 11.7. The van der Waals surface area contributed by atoms with Gasteiger partial charge in [-0.25, -0.2) is 0 Å². The van der Waals surface area contributed by atoms with Crippen LogP contribution in [0.3, 0.4) is 0 Å². The fraction of sp³-hybridized carbons (Fsp3) is 0.391. The number of amides is 2. The first-order chi connectivity index (χ1) is 13.4. The summed E-state index contributed by atoms with van der Waals surface area (Å²) < 4.78 is 0. The molecule has 0 fully saturated rings. The van der Waals surface area contributed by atoms with Crippen molar-refractivity contribution >= 4 is 17.5 Å². The molecule has 2 aromatic rings. The fourth-order valence-electron chi connectivity index (χ4n) is 3.02. The first-order valence-corrected chi connectivity index (χ1v) is 9.92. The number of carbonyl (C=O) groups excluding carboxylic acids is 2. The largest absolute Gasteiger partial charge is 0.344 e. The summed E-state index contributed by atoms with van der Waals surface area (Å²) in [6.07, 6.45) is 0. The van der Waals surface area contributed by atoms with E-state index in [0.29, 0.717) is 12.2 Å². The predicted molar refractivity (Wildman–Crippen MR) is 114 cm³/mol. The Morgan fingerprint density at radius 3 is 2.11 bits per heavy atom. The minimum atomic E-state index is -0.647. The van der Waals surface area contributed by atoms with Gasteiger partial charge in [0.25, 0.3) is 0 Å². The van der Waals surface area contributed by atoms with Crippen LogP contribution in [0.15, 0.2) is 48.5 Å². The number of hydrogen-bond donors (Lipinski definition) is 2. The highest BCUT2D eigenvalue weighted by molar-refractivity contribution is 6.39. The van der Waals surface area contributed by atoms with E-state index in [9.17, 15) is 9.59 Å². The van der Waals surface area contributed by atoms with Gasteiger partial charge in [-0.1, -0.05) is 70.2 Å². The van der Waals surface area contributed by atoms with Crippen molar-refractivity contribution in [1.82, 2.24) is 10.2 Å². The van der Waals surface area contributed by atoms with Crippen LogP contribution in [0.4, 0.5) is 5.69 Å². The van der Waals surface area contributed by atoms with Crippen LogP contribution in [0, 0.1) is 0 Å². The molecule has 0 aromatic heterocycles. The quantitative estimate of drug-likeness (QED) is 0.682. The lowest BCUT2D eigenvalue weighted by atomic mass is 10.0. The fourth-order valence-corrected chi connectivity index (χ4v) is 3.02. The number of hydrogen-bond acceptors (Lipinski definition) is 3. The van der Waals surface area contributed by atoms with E-state index in [0.717, 1.165) is 30.8 Å². The van der Waals surface area contributed by atoms with Crippen molar-refractivity contribution in [2.75, 3.05) is 18.4 Å². The van der Waals surface area contributed by atoms with E-state index in [2.05, 4.69) is 55.4 Å². The number of rotatable bonds is 8. The van der Waals surface area contributed by atoms with E-state index in [4.69, 9.17) is 0 Å². The summed E-state index contributed by atoms with van der Waals surface area (Å²) in [7, 11) is 0. The van der Waals surface area contributed by atoms with Gasteiger partial charge in [0.15, 0.2) is 0 Å². The SMILES string of the molecule is CCN(CC)Cc1ccc(CNC(=O)C(=O)Nc2ccccc2C(C)C)cc1. The molecule has 0 saturated heterocycles. The molecule has 0 saturated carbocycles. The lowest BCUT2D eigenvalue weighted by Crippen LogP contribution is -2.35. The lowest BCUT2D eigenvalue weighted by Gasteiger charge is -2.18. The standard InChI is InChI=1S/C23H31N3O2/c1-5-26(6-2)16-19-13-11-18(12-14-19)15-24-22(27)23(28)25-21-10-8-7-9-20(21)17(3)4/h7-14,17H,5-6,15-16H2,1-4H3,(H,24,27)(H,25,28). The molecule has 28 heavy (non-hydrogen) atoms. The third-order valence-corrected chi connectivity index (χ3v) is 4.81. The summed E-state index contributed by atoms with van der Waals surface area (Å²) in [5.74, 6) is -1.02. The summed E-state index contributed by atoms with van der Waals surface area (Å²) >= 11 is 0. The van der Waals surface area contributed by atoms with E-state index in [1.807, 2.05) is 36.4 Å². The molecule has 0 radical (unpaired) electrons. The molecule has 0 heterocycles. The summed E-state index contributed by atoms with van der Waals surface area (Å²) in [5, 5.41) is 5.40. The second-order valence-corrected chi connectivity index (χ2v) is 7.16. The molecular formula is C23H31N3O2. The molecule has 2 aromatic carbocycles. The molecule has 0 unspecified atom stereocenters. The van der Waals surface area contributed by atoms with Gasteiger partial charge in [-0.15, -0.1) is 0 Å². The molecule has 0 aliphatic rings. The van der Waals surface area contributed by atoms with Gasteiger partial charge in [-0.3, -0.25) is 14.5 Å². The van der Waals surface area contributed by atoms with Crippen LogP contribution in [-0.2, 0) is 22.7 Å². The summed E-state index contributed by atoms with van der Waals surface area (Å²) in [4.78, 5) is 26.7. The Hall–Kier alpha value is -2.66. The van der Waals surface area contributed by atoms with E-state index in [1.165, 1.54) is 5.56 Å². The van der Waals surface area contributed by atoms with Gasteiger partial charge in [-0.2, -0.15) is 0 Å². The van der Waals surface area contributed by atoms with Gasteiger partial charge in [0, 0.05) is 18.8 Å². The van der Waals surface area contributed by atoms with Crippen molar-refractivity contribution in [3.8, 4) is 0 Å². The zero-order valence-corrected chi connectivity index (χ0v) is 17.3. The topological polar surface area (TPSA) is 61.4 Å². The first kappa shape index (κ1) is 21.6. The van der Waals surface area contributed by atoms with Crippen LogP contribution in [0.1, 0.15) is 50.3 Å². The van der Waals surface area contributed by atoms with Crippen molar-refractivity contribution in [2.24, 2.45) is 0 Å². The van der Waals surface area contributed by atoms with Gasteiger partial charge in [-0.05, 0) is 41.8 Å². The predicted octanol–water partition coefficient (Wildman–Crippen LogP) is 3.91. The Kier molecular flexibility index (Phi) is 8.20. The van der Waals surface area contributed by atoms with E-state index in [-0.39, 0.29) is 5.92 Å². The van der Waals surface area contributed by atoms with Crippen LogP contribution in [-0.4, -0.2) is 29.8 Å². The average molecular weight is 382 g/mol. The van der Waals surface area contributed by atoms with Crippen LogP contribution in [0.25, 0.3) is 0 Å². The number of nitrogens with zero attached hydrogens (tertiary/aromatic N) is 1.